The number of carboxylic acids is 1. The number of hydrogen-bond donors (Lipinski definition) is 3. The second-order valence-electron chi connectivity index (χ2n) is 4.87. The standard InChI is InChI=1S/C16H12Cl2N2O3S/c1-8-2-3-10(15(22)23)7-13(8)19-16(24)20-14(21)9-4-5-11(17)12(18)6-9/h2-7H,1H3,(H,22,23)(H2,19,20,21,24). The normalized spacial score (nSPS) is 10.1. The van der Waals surface area contributed by atoms with Crippen LogP contribution in [0.2, 0.25) is 10.0 Å². The van der Waals surface area contributed by atoms with Gasteiger partial charge in [0, 0.05) is 11.3 Å². The number of halogens is 2. The number of benzene rings is 2. The lowest BCUT2D eigenvalue weighted by atomic mass is 10.1. The Bertz CT molecular complexity index is 840. The largest absolute Gasteiger partial charge is 0.478 e. The molecule has 2 aromatic rings. The number of carbonyl (C=O) groups excluding carboxylic acids is 1. The van der Waals surface area contributed by atoms with Gasteiger partial charge < -0.3 is 10.4 Å². The van der Waals surface area contributed by atoms with Crippen molar-refractivity contribution in [2.24, 2.45) is 0 Å². The Morgan fingerprint density at radius 1 is 1.04 bits per heavy atom. The van der Waals surface area contributed by atoms with Gasteiger partial charge >= 0.3 is 5.97 Å². The molecule has 0 aliphatic carbocycles. The summed E-state index contributed by atoms with van der Waals surface area (Å²) in [4.78, 5) is 23.2. The molecular weight excluding hydrogens is 371 g/mol. The van der Waals surface area contributed by atoms with E-state index in [1.807, 2.05) is 0 Å². The molecule has 0 aliphatic heterocycles. The van der Waals surface area contributed by atoms with Gasteiger partial charge in [-0.25, -0.2) is 4.79 Å². The molecule has 0 atom stereocenters. The minimum Gasteiger partial charge on any atom is -0.478 e. The molecule has 0 radical (unpaired) electrons. The summed E-state index contributed by atoms with van der Waals surface area (Å²) in [5.41, 5.74) is 1.69. The maximum Gasteiger partial charge on any atom is 0.335 e. The average molecular weight is 383 g/mol. The maximum atomic E-state index is 12.1. The Labute approximate surface area is 153 Å². The van der Waals surface area contributed by atoms with E-state index in [-0.39, 0.29) is 15.7 Å². The molecule has 0 heterocycles. The molecule has 124 valence electrons. The number of amides is 1. The Hall–Kier alpha value is -2.15. The van der Waals surface area contributed by atoms with Crippen LogP contribution >= 0.6 is 35.4 Å². The number of carboxylic acid groups (broad SMARTS) is 1. The lowest BCUT2D eigenvalue weighted by Gasteiger charge is -2.12. The quantitative estimate of drug-likeness (QED) is 0.695. The topological polar surface area (TPSA) is 78.4 Å². The highest BCUT2D eigenvalue weighted by Crippen LogP contribution is 2.22. The zero-order valence-corrected chi connectivity index (χ0v) is 14.7. The SMILES string of the molecule is Cc1ccc(C(=O)O)cc1NC(=S)NC(=O)c1ccc(Cl)c(Cl)c1. The summed E-state index contributed by atoms with van der Waals surface area (Å²) in [6.45, 7) is 1.79. The molecule has 0 aliphatic rings. The van der Waals surface area contributed by atoms with Gasteiger partial charge in [0.15, 0.2) is 5.11 Å². The number of hydrogen-bond acceptors (Lipinski definition) is 3. The molecular formula is C16H12Cl2N2O3S. The van der Waals surface area contributed by atoms with Crippen molar-refractivity contribution in [3.05, 3.63) is 63.1 Å². The number of anilines is 1. The molecule has 5 nitrogen and oxygen atoms in total. The van der Waals surface area contributed by atoms with Crippen LogP contribution in [0.25, 0.3) is 0 Å². The molecule has 3 N–H and O–H groups in total. The van der Waals surface area contributed by atoms with Crippen LogP contribution in [0.1, 0.15) is 26.3 Å². The van der Waals surface area contributed by atoms with Crippen molar-refractivity contribution in [1.29, 1.82) is 0 Å². The van der Waals surface area contributed by atoms with E-state index in [0.29, 0.717) is 16.3 Å². The van der Waals surface area contributed by atoms with E-state index in [0.717, 1.165) is 5.56 Å². The van der Waals surface area contributed by atoms with E-state index in [1.165, 1.54) is 30.3 Å². The summed E-state index contributed by atoms with van der Waals surface area (Å²) >= 11 is 16.8. The first-order valence-corrected chi connectivity index (χ1v) is 7.85. The summed E-state index contributed by atoms with van der Waals surface area (Å²) in [6.07, 6.45) is 0. The fourth-order valence-corrected chi connectivity index (χ4v) is 2.36. The predicted molar refractivity (Wildman–Crippen MR) is 98.3 cm³/mol. The lowest BCUT2D eigenvalue weighted by molar-refractivity contribution is 0.0696. The molecule has 0 unspecified atom stereocenters. The highest BCUT2D eigenvalue weighted by Gasteiger charge is 2.12. The minimum absolute atomic E-state index is 0.0386. The molecule has 0 spiro atoms. The van der Waals surface area contributed by atoms with Crippen LogP contribution in [0.5, 0.6) is 0 Å². The zero-order chi connectivity index (χ0) is 17.9. The van der Waals surface area contributed by atoms with E-state index in [4.69, 9.17) is 40.5 Å². The van der Waals surface area contributed by atoms with Gasteiger partial charge in [0.05, 0.1) is 15.6 Å². The Morgan fingerprint density at radius 3 is 2.33 bits per heavy atom. The molecule has 8 heteroatoms. The van der Waals surface area contributed by atoms with Gasteiger partial charge in [-0.3, -0.25) is 10.1 Å². The van der Waals surface area contributed by atoms with Gasteiger partial charge in [0.2, 0.25) is 0 Å². The summed E-state index contributed by atoms with van der Waals surface area (Å²) < 4.78 is 0. The van der Waals surface area contributed by atoms with Crippen molar-refractivity contribution in [2.75, 3.05) is 5.32 Å². The van der Waals surface area contributed by atoms with Crippen molar-refractivity contribution in [3.8, 4) is 0 Å². The van der Waals surface area contributed by atoms with Gasteiger partial charge in [-0.1, -0.05) is 29.3 Å². The molecule has 0 bridgehead atoms. The Kier molecular flexibility index (Phi) is 5.77. The van der Waals surface area contributed by atoms with Gasteiger partial charge in [0.25, 0.3) is 5.91 Å². The van der Waals surface area contributed by atoms with Gasteiger partial charge in [-0.05, 0) is 55.0 Å². The number of thiocarbonyl (C=S) groups is 1. The lowest BCUT2D eigenvalue weighted by Crippen LogP contribution is -2.34. The number of rotatable bonds is 3. The van der Waals surface area contributed by atoms with Crippen LogP contribution in [0.15, 0.2) is 36.4 Å². The van der Waals surface area contributed by atoms with E-state index in [1.54, 1.807) is 13.0 Å². The van der Waals surface area contributed by atoms with Crippen molar-refractivity contribution < 1.29 is 14.7 Å². The van der Waals surface area contributed by atoms with Crippen LogP contribution < -0.4 is 10.6 Å². The fraction of sp³-hybridized carbons (Fsp3) is 0.0625. The van der Waals surface area contributed by atoms with E-state index < -0.39 is 11.9 Å². The molecule has 24 heavy (non-hydrogen) atoms. The summed E-state index contributed by atoms with van der Waals surface area (Å²) in [7, 11) is 0. The fourth-order valence-electron chi connectivity index (χ4n) is 1.86. The average Bonchev–Trinajstić information content (AvgIpc) is 2.51. The molecule has 0 saturated carbocycles. The molecule has 2 rings (SSSR count). The predicted octanol–water partition coefficient (Wildman–Crippen LogP) is 4.13. The van der Waals surface area contributed by atoms with Crippen LogP contribution in [-0.2, 0) is 0 Å². The molecule has 2 aromatic carbocycles. The third-order valence-electron chi connectivity index (χ3n) is 3.14. The molecule has 1 amide bonds. The first-order valence-electron chi connectivity index (χ1n) is 6.69. The van der Waals surface area contributed by atoms with Crippen LogP contribution in [0.4, 0.5) is 5.69 Å². The summed E-state index contributed by atoms with van der Waals surface area (Å²) in [5, 5.41) is 15.0. The highest BCUT2D eigenvalue weighted by molar-refractivity contribution is 7.80. The van der Waals surface area contributed by atoms with Crippen LogP contribution in [-0.4, -0.2) is 22.1 Å². The van der Waals surface area contributed by atoms with Gasteiger partial charge in [0.1, 0.15) is 0 Å². The zero-order valence-electron chi connectivity index (χ0n) is 12.4. The Morgan fingerprint density at radius 2 is 1.71 bits per heavy atom. The van der Waals surface area contributed by atoms with Crippen molar-refractivity contribution >= 4 is 58.1 Å². The van der Waals surface area contributed by atoms with Crippen molar-refractivity contribution in [1.82, 2.24) is 5.32 Å². The molecule has 0 aromatic heterocycles. The smallest absolute Gasteiger partial charge is 0.335 e. The summed E-state index contributed by atoms with van der Waals surface area (Å²) in [6, 6.07) is 9.03. The van der Waals surface area contributed by atoms with Crippen molar-refractivity contribution in [2.45, 2.75) is 6.92 Å². The summed E-state index contributed by atoms with van der Waals surface area (Å²) in [5.74, 6) is -1.51. The second-order valence-corrected chi connectivity index (χ2v) is 6.09. The Balaban J connectivity index is 2.10. The first kappa shape index (κ1) is 18.2. The van der Waals surface area contributed by atoms with E-state index >= 15 is 0 Å². The van der Waals surface area contributed by atoms with E-state index in [2.05, 4.69) is 10.6 Å². The third-order valence-corrected chi connectivity index (χ3v) is 4.08. The first-order chi connectivity index (χ1) is 11.3. The van der Waals surface area contributed by atoms with Crippen molar-refractivity contribution in [3.63, 3.8) is 0 Å². The number of aryl methyl sites for hydroxylation is 1. The van der Waals surface area contributed by atoms with Gasteiger partial charge in [-0.15, -0.1) is 0 Å². The van der Waals surface area contributed by atoms with Crippen LogP contribution in [0.3, 0.4) is 0 Å². The van der Waals surface area contributed by atoms with Gasteiger partial charge in [-0.2, -0.15) is 0 Å². The van der Waals surface area contributed by atoms with Crippen LogP contribution in [0, 0.1) is 6.92 Å². The molecule has 0 saturated heterocycles. The number of nitrogens with one attached hydrogen (secondary N) is 2. The minimum atomic E-state index is -1.05. The second kappa shape index (κ2) is 7.61. The number of aromatic carboxylic acids is 1. The third kappa shape index (κ3) is 4.44. The highest BCUT2D eigenvalue weighted by atomic mass is 35.5. The molecule has 0 fully saturated rings. The monoisotopic (exact) mass is 382 g/mol. The van der Waals surface area contributed by atoms with E-state index in [9.17, 15) is 9.59 Å². The maximum absolute atomic E-state index is 12.1. The number of carbonyl (C=O) groups is 2.